The second kappa shape index (κ2) is 7.91. The number of aromatic nitrogens is 3. The van der Waals surface area contributed by atoms with Crippen molar-refractivity contribution in [3.8, 4) is 17.1 Å². The second-order valence-corrected chi connectivity index (χ2v) is 10.5. The van der Waals surface area contributed by atoms with Crippen molar-refractivity contribution >= 4 is 17.7 Å². The van der Waals surface area contributed by atoms with Gasteiger partial charge in [0.15, 0.2) is 5.82 Å². The van der Waals surface area contributed by atoms with Crippen molar-refractivity contribution in [3.05, 3.63) is 24.3 Å². The van der Waals surface area contributed by atoms with Crippen molar-refractivity contribution in [1.29, 1.82) is 0 Å². The number of hydrogen-bond donors (Lipinski definition) is 2. The van der Waals surface area contributed by atoms with Gasteiger partial charge in [-0.15, -0.1) is 5.10 Å². The zero-order valence-electron chi connectivity index (χ0n) is 17.7. The number of amides is 1. The molecule has 4 bridgehead atoms. The Labute approximate surface area is 182 Å². The molecule has 1 heterocycles. The first-order chi connectivity index (χ1) is 14.5. The number of methoxy groups -OCH3 is 1. The smallest absolute Gasteiger partial charge is 0.230 e. The van der Waals surface area contributed by atoms with Gasteiger partial charge in [-0.05, 0) is 92.9 Å². The number of benzene rings is 1. The Balaban J connectivity index is 1.15. The number of ether oxygens (including phenoxy) is 1. The predicted octanol–water partition coefficient (Wildman–Crippen LogP) is 4.29. The van der Waals surface area contributed by atoms with E-state index in [1.54, 1.807) is 7.11 Å². The number of thioether (sulfide) groups is 1. The molecule has 6 nitrogen and oxygen atoms in total. The maximum Gasteiger partial charge on any atom is 0.230 e. The molecular weight excluding hydrogens is 396 g/mol. The number of aromatic amines is 1. The lowest BCUT2D eigenvalue weighted by atomic mass is 9.48. The summed E-state index contributed by atoms with van der Waals surface area (Å²) in [5, 5.41) is 11.1. The molecule has 1 amide bonds. The molecule has 1 atom stereocenters. The van der Waals surface area contributed by atoms with E-state index in [0.717, 1.165) is 29.1 Å². The van der Waals surface area contributed by atoms with E-state index in [0.29, 0.717) is 22.1 Å². The number of carbonyl (C=O) groups excluding carboxylic acids is 1. The SMILES string of the molecule is COc1ccc(-c2nc(SCC(=O)N[C@@H](C)C34CC5CC(CC(C5)C3)C4)n[nH]2)cc1. The molecule has 4 saturated carbocycles. The highest BCUT2D eigenvalue weighted by atomic mass is 32.2. The van der Waals surface area contributed by atoms with Crippen LogP contribution in [-0.2, 0) is 4.79 Å². The average molecular weight is 427 g/mol. The number of carbonyl (C=O) groups is 1. The van der Waals surface area contributed by atoms with Crippen LogP contribution in [0.15, 0.2) is 29.4 Å². The molecule has 2 aromatic rings. The molecule has 7 heteroatoms. The average Bonchev–Trinajstić information content (AvgIpc) is 3.20. The molecule has 4 fully saturated rings. The van der Waals surface area contributed by atoms with Gasteiger partial charge < -0.3 is 10.1 Å². The van der Waals surface area contributed by atoms with E-state index in [-0.39, 0.29) is 11.9 Å². The van der Waals surface area contributed by atoms with Crippen LogP contribution >= 0.6 is 11.8 Å². The Morgan fingerprint density at radius 1 is 1.20 bits per heavy atom. The van der Waals surface area contributed by atoms with E-state index in [4.69, 9.17) is 4.74 Å². The zero-order chi connectivity index (χ0) is 20.7. The lowest BCUT2D eigenvalue weighted by Crippen LogP contribution is -2.56. The van der Waals surface area contributed by atoms with Gasteiger partial charge >= 0.3 is 0 Å². The van der Waals surface area contributed by atoms with Gasteiger partial charge in [0.05, 0.1) is 12.9 Å². The lowest BCUT2D eigenvalue weighted by molar-refractivity contribution is -0.123. The molecule has 2 N–H and O–H groups in total. The molecule has 0 radical (unpaired) electrons. The highest BCUT2D eigenvalue weighted by molar-refractivity contribution is 7.99. The van der Waals surface area contributed by atoms with Crippen LogP contribution in [0.2, 0.25) is 0 Å². The summed E-state index contributed by atoms with van der Waals surface area (Å²) in [6.07, 6.45) is 8.20. The van der Waals surface area contributed by atoms with Gasteiger partial charge in [-0.25, -0.2) is 4.98 Å². The minimum Gasteiger partial charge on any atom is -0.497 e. The fourth-order valence-corrected chi connectivity index (χ4v) is 7.07. The van der Waals surface area contributed by atoms with Gasteiger partial charge in [0.25, 0.3) is 0 Å². The van der Waals surface area contributed by atoms with E-state index < -0.39 is 0 Å². The summed E-state index contributed by atoms with van der Waals surface area (Å²) in [5.41, 5.74) is 1.27. The molecule has 1 aromatic heterocycles. The summed E-state index contributed by atoms with van der Waals surface area (Å²) in [5.74, 6) is 4.62. The number of nitrogens with one attached hydrogen (secondary N) is 2. The van der Waals surface area contributed by atoms with Crippen LogP contribution < -0.4 is 10.1 Å². The Morgan fingerprint density at radius 2 is 1.83 bits per heavy atom. The number of hydrogen-bond acceptors (Lipinski definition) is 5. The topological polar surface area (TPSA) is 79.9 Å². The van der Waals surface area contributed by atoms with Crippen molar-refractivity contribution in [2.45, 2.75) is 56.6 Å². The van der Waals surface area contributed by atoms with Gasteiger partial charge in [0, 0.05) is 11.6 Å². The van der Waals surface area contributed by atoms with Crippen LogP contribution in [0.5, 0.6) is 5.75 Å². The molecule has 30 heavy (non-hydrogen) atoms. The van der Waals surface area contributed by atoms with Gasteiger partial charge in [-0.3, -0.25) is 9.89 Å². The molecule has 1 aromatic carbocycles. The highest BCUT2D eigenvalue weighted by Gasteiger charge is 2.53. The van der Waals surface area contributed by atoms with Crippen LogP contribution in [-0.4, -0.2) is 40.0 Å². The summed E-state index contributed by atoms with van der Waals surface area (Å²) in [6.45, 7) is 2.23. The van der Waals surface area contributed by atoms with Crippen molar-refractivity contribution in [1.82, 2.24) is 20.5 Å². The molecule has 160 valence electrons. The Hall–Kier alpha value is -2.02. The third-order valence-electron chi connectivity index (χ3n) is 7.54. The van der Waals surface area contributed by atoms with Crippen molar-refractivity contribution < 1.29 is 9.53 Å². The summed E-state index contributed by atoms with van der Waals surface area (Å²) in [7, 11) is 1.65. The van der Waals surface area contributed by atoms with Gasteiger partial charge in [-0.1, -0.05) is 11.8 Å². The monoisotopic (exact) mass is 426 g/mol. The van der Waals surface area contributed by atoms with E-state index in [2.05, 4.69) is 27.4 Å². The fourth-order valence-electron chi connectivity index (χ4n) is 6.46. The first-order valence-corrected chi connectivity index (χ1v) is 12.0. The quantitative estimate of drug-likeness (QED) is 0.646. The van der Waals surface area contributed by atoms with Crippen LogP contribution in [0.1, 0.15) is 45.4 Å². The number of H-pyrrole nitrogens is 1. The maximum absolute atomic E-state index is 12.7. The molecule has 4 aliphatic rings. The fraction of sp³-hybridized carbons (Fsp3) is 0.609. The second-order valence-electron chi connectivity index (χ2n) is 9.55. The van der Waals surface area contributed by atoms with Crippen molar-refractivity contribution in [2.24, 2.45) is 23.2 Å². The van der Waals surface area contributed by atoms with E-state index >= 15 is 0 Å². The van der Waals surface area contributed by atoms with E-state index in [1.165, 1.54) is 50.3 Å². The predicted molar refractivity (Wildman–Crippen MR) is 117 cm³/mol. The third-order valence-corrected chi connectivity index (χ3v) is 8.39. The minimum absolute atomic E-state index is 0.0824. The molecule has 0 spiro atoms. The summed E-state index contributed by atoms with van der Waals surface area (Å²) in [6, 6.07) is 7.91. The van der Waals surface area contributed by atoms with Crippen LogP contribution in [0.25, 0.3) is 11.4 Å². The third kappa shape index (κ3) is 3.84. The van der Waals surface area contributed by atoms with Crippen molar-refractivity contribution in [2.75, 3.05) is 12.9 Å². The van der Waals surface area contributed by atoms with Crippen molar-refractivity contribution in [3.63, 3.8) is 0 Å². The Kier molecular flexibility index (Phi) is 5.25. The largest absolute Gasteiger partial charge is 0.497 e. The number of rotatable bonds is 7. The zero-order valence-corrected chi connectivity index (χ0v) is 18.5. The summed E-state index contributed by atoms with van der Waals surface area (Å²) >= 11 is 1.38. The lowest BCUT2D eigenvalue weighted by Gasteiger charge is -2.59. The minimum atomic E-state index is 0.0824. The molecular formula is C23H30N4O2S. The van der Waals surface area contributed by atoms with Crippen LogP contribution in [0, 0.1) is 23.2 Å². The first-order valence-electron chi connectivity index (χ1n) is 11.0. The number of nitrogens with zero attached hydrogens (tertiary/aromatic N) is 2. The van der Waals surface area contributed by atoms with Gasteiger partial charge in [0.1, 0.15) is 5.75 Å². The molecule has 0 unspecified atom stereocenters. The Morgan fingerprint density at radius 3 is 2.43 bits per heavy atom. The van der Waals surface area contributed by atoms with Crippen LogP contribution in [0.4, 0.5) is 0 Å². The van der Waals surface area contributed by atoms with E-state index in [9.17, 15) is 4.79 Å². The highest BCUT2D eigenvalue weighted by Crippen LogP contribution is 2.61. The molecule has 0 saturated heterocycles. The van der Waals surface area contributed by atoms with Gasteiger partial charge in [-0.2, -0.15) is 0 Å². The molecule has 4 aliphatic carbocycles. The summed E-state index contributed by atoms with van der Waals surface area (Å²) < 4.78 is 5.19. The summed E-state index contributed by atoms with van der Waals surface area (Å²) in [4.78, 5) is 17.2. The maximum atomic E-state index is 12.7. The van der Waals surface area contributed by atoms with Crippen LogP contribution in [0.3, 0.4) is 0 Å². The Bertz CT molecular complexity index is 875. The van der Waals surface area contributed by atoms with E-state index in [1.807, 2.05) is 24.3 Å². The first kappa shape index (κ1) is 19.9. The standard InChI is InChI=1S/C23H30N4O2S/c1-14(23-10-15-7-16(11-23)9-17(8-15)12-23)24-20(28)13-30-22-25-21(26-27-22)18-3-5-19(29-2)6-4-18/h3-6,14-17H,7-13H2,1-2H3,(H,24,28)(H,25,26,27)/t14-,15?,16?,17?,23?/m0/s1. The van der Waals surface area contributed by atoms with Gasteiger partial charge in [0.2, 0.25) is 11.1 Å². The normalized spacial score (nSPS) is 30.3. The molecule has 0 aliphatic heterocycles. The molecule has 6 rings (SSSR count).